The molecule has 124 valence electrons. The minimum atomic E-state index is -0.933. The van der Waals surface area contributed by atoms with Crippen LogP contribution in [-0.4, -0.2) is 41.6 Å². The predicted molar refractivity (Wildman–Crippen MR) is 85.0 cm³/mol. The quantitative estimate of drug-likeness (QED) is 0.796. The number of halogens is 1. The van der Waals surface area contributed by atoms with Crippen molar-refractivity contribution in [3.05, 3.63) is 34.9 Å². The highest BCUT2D eigenvalue weighted by atomic mass is 35.5. The molecule has 0 bridgehead atoms. The fourth-order valence-corrected chi connectivity index (χ4v) is 3.53. The van der Waals surface area contributed by atoms with Crippen molar-refractivity contribution in [3.8, 4) is 0 Å². The van der Waals surface area contributed by atoms with Crippen LogP contribution in [-0.2, 0) is 19.1 Å². The first-order valence-electron chi connectivity index (χ1n) is 7.78. The Bertz CT molecular complexity index is 618. The van der Waals surface area contributed by atoms with Crippen molar-refractivity contribution in [1.29, 1.82) is 0 Å². The van der Waals surface area contributed by atoms with Gasteiger partial charge in [-0.25, -0.2) is 0 Å². The van der Waals surface area contributed by atoms with Crippen LogP contribution in [0.15, 0.2) is 24.3 Å². The van der Waals surface area contributed by atoms with Gasteiger partial charge in [0.1, 0.15) is 0 Å². The van der Waals surface area contributed by atoms with E-state index in [4.69, 9.17) is 21.1 Å². The Morgan fingerprint density at radius 3 is 2.87 bits per heavy atom. The molecular formula is C17H20ClNO4. The molecule has 5 nitrogen and oxygen atoms in total. The molecule has 1 unspecified atom stereocenters. The molecular weight excluding hydrogens is 318 g/mol. The molecule has 1 aromatic carbocycles. The van der Waals surface area contributed by atoms with Gasteiger partial charge < -0.3 is 19.2 Å². The Balaban J connectivity index is 1.82. The third kappa shape index (κ3) is 3.27. The summed E-state index contributed by atoms with van der Waals surface area (Å²) in [5.74, 6) is -1.13. The summed E-state index contributed by atoms with van der Waals surface area (Å²) in [5.41, 5.74) is 1.00. The van der Waals surface area contributed by atoms with E-state index < -0.39 is 18.0 Å². The van der Waals surface area contributed by atoms with Gasteiger partial charge in [-0.05, 0) is 44.4 Å². The zero-order chi connectivity index (χ0) is 16.6. The molecule has 23 heavy (non-hydrogen) atoms. The third-order valence-electron chi connectivity index (χ3n) is 4.28. The maximum Gasteiger partial charge on any atom is 0.255 e. The number of ether oxygens (including phenoxy) is 2. The number of amides is 1. The van der Waals surface area contributed by atoms with Gasteiger partial charge in [-0.15, -0.1) is 0 Å². The summed E-state index contributed by atoms with van der Waals surface area (Å²) in [4.78, 5) is 25.9. The summed E-state index contributed by atoms with van der Waals surface area (Å²) in [5, 5.41) is 0.647. The van der Waals surface area contributed by atoms with E-state index in [-0.39, 0.29) is 11.9 Å². The van der Waals surface area contributed by atoms with Gasteiger partial charge >= 0.3 is 0 Å². The second-order valence-corrected chi connectivity index (χ2v) is 6.84. The molecule has 2 fully saturated rings. The largest absolute Gasteiger partial charge is 0.336 e. The summed E-state index contributed by atoms with van der Waals surface area (Å²) in [6, 6.07) is 7.50. The smallest absolute Gasteiger partial charge is 0.255 e. The number of likely N-dealkylation sites (tertiary alicyclic amines) is 1. The van der Waals surface area contributed by atoms with Crippen LogP contribution in [0.1, 0.15) is 38.3 Å². The van der Waals surface area contributed by atoms with E-state index in [0.717, 1.165) is 18.4 Å². The van der Waals surface area contributed by atoms with Gasteiger partial charge in [-0.1, -0.05) is 23.7 Å². The van der Waals surface area contributed by atoms with Gasteiger partial charge in [-0.2, -0.15) is 0 Å². The van der Waals surface area contributed by atoms with Crippen LogP contribution in [0.5, 0.6) is 0 Å². The maximum absolute atomic E-state index is 12.9. The average Bonchev–Trinajstić information content (AvgIpc) is 3.10. The lowest BCUT2D eigenvalue weighted by Crippen LogP contribution is -2.44. The van der Waals surface area contributed by atoms with Crippen LogP contribution in [0.4, 0.5) is 0 Å². The number of aldehydes is 1. The monoisotopic (exact) mass is 337 g/mol. The van der Waals surface area contributed by atoms with E-state index in [1.54, 1.807) is 18.7 Å². The molecule has 0 spiro atoms. The van der Waals surface area contributed by atoms with Crippen molar-refractivity contribution in [2.24, 2.45) is 0 Å². The van der Waals surface area contributed by atoms with Crippen molar-refractivity contribution < 1.29 is 19.1 Å². The van der Waals surface area contributed by atoms with E-state index in [0.29, 0.717) is 17.9 Å². The molecule has 2 saturated heterocycles. The summed E-state index contributed by atoms with van der Waals surface area (Å²) >= 11 is 6.07. The molecule has 2 aliphatic rings. The van der Waals surface area contributed by atoms with Gasteiger partial charge in [0.15, 0.2) is 24.3 Å². The predicted octanol–water partition coefficient (Wildman–Crippen LogP) is 2.72. The van der Waals surface area contributed by atoms with Crippen molar-refractivity contribution in [1.82, 2.24) is 4.90 Å². The van der Waals surface area contributed by atoms with Crippen LogP contribution in [0.3, 0.4) is 0 Å². The fraction of sp³-hybridized carbons (Fsp3) is 0.529. The fourth-order valence-electron chi connectivity index (χ4n) is 3.33. The second kappa shape index (κ2) is 6.23. The van der Waals surface area contributed by atoms with E-state index in [1.807, 2.05) is 24.3 Å². The van der Waals surface area contributed by atoms with Crippen molar-refractivity contribution in [3.63, 3.8) is 0 Å². The number of carbonyl (C=O) groups is 2. The highest BCUT2D eigenvalue weighted by Gasteiger charge is 2.48. The zero-order valence-electron chi connectivity index (χ0n) is 13.2. The van der Waals surface area contributed by atoms with E-state index in [9.17, 15) is 9.59 Å². The molecule has 1 aromatic rings. The summed E-state index contributed by atoms with van der Waals surface area (Å²) in [7, 11) is 0. The van der Waals surface area contributed by atoms with Gasteiger partial charge in [0.25, 0.3) is 5.91 Å². The van der Waals surface area contributed by atoms with Crippen LogP contribution in [0.2, 0.25) is 5.02 Å². The van der Waals surface area contributed by atoms with Crippen LogP contribution in [0, 0.1) is 0 Å². The lowest BCUT2D eigenvalue weighted by Gasteiger charge is -2.28. The number of rotatable bonds is 3. The Labute approximate surface area is 140 Å². The minimum Gasteiger partial charge on any atom is -0.336 e. The van der Waals surface area contributed by atoms with Gasteiger partial charge in [0, 0.05) is 11.6 Å². The van der Waals surface area contributed by atoms with Crippen molar-refractivity contribution in [2.75, 3.05) is 6.54 Å². The lowest BCUT2D eigenvalue weighted by molar-refractivity contribution is -0.162. The van der Waals surface area contributed by atoms with Crippen molar-refractivity contribution >= 4 is 23.8 Å². The molecule has 0 aliphatic carbocycles. The lowest BCUT2D eigenvalue weighted by atomic mass is 10.0. The molecule has 2 aliphatic heterocycles. The Morgan fingerprint density at radius 1 is 1.39 bits per heavy atom. The number of nitrogens with zero attached hydrogens (tertiary/aromatic N) is 1. The van der Waals surface area contributed by atoms with E-state index in [1.165, 1.54) is 0 Å². The first-order valence-corrected chi connectivity index (χ1v) is 8.16. The zero-order valence-corrected chi connectivity index (χ0v) is 14.0. The molecule has 0 saturated carbocycles. The standard InChI is InChI=1S/C17H20ClNO4/c1-17(2)22-14(10-20)15(23-17)16(21)19-8-4-7-13(19)11-5-3-6-12(18)9-11/h3,5-6,9-10,13-15H,4,7-8H2,1-2H3/t13?,14-,15+/m0/s1. The molecule has 0 radical (unpaired) electrons. The normalized spacial score (nSPS) is 29.7. The highest BCUT2D eigenvalue weighted by molar-refractivity contribution is 6.30. The molecule has 3 atom stereocenters. The molecule has 6 heteroatoms. The highest BCUT2D eigenvalue weighted by Crippen LogP contribution is 2.36. The van der Waals surface area contributed by atoms with Crippen LogP contribution < -0.4 is 0 Å². The minimum absolute atomic E-state index is 0.0409. The second-order valence-electron chi connectivity index (χ2n) is 6.40. The molecule has 3 rings (SSSR count). The molecule has 0 N–H and O–H groups in total. The average molecular weight is 338 g/mol. The first-order chi connectivity index (χ1) is 10.9. The number of hydrogen-bond donors (Lipinski definition) is 0. The number of benzene rings is 1. The van der Waals surface area contributed by atoms with Crippen LogP contribution in [0.25, 0.3) is 0 Å². The summed E-state index contributed by atoms with van der Waals surface area (Å²) < 4.78 is 11.2. The van der Waals surface area contributed by atoms with E-state index in [2.05, 4.69) is 0 Å². The van der Waals surface area contributed by atoms with E-state index >= 15 is 0 Å². The molecule has 0 aromatic heterocycles. The molecule has 2 heterocycles. The van der Waals surface area contributed by atoms with Gasteiger partial charge in [-0.3, -0.25) is 4.79 Å². The Morgan fingerprint density at radius 2 is 2.17 bits per heavy atom. The number of hydrogen-bond acceptors (Lipinski definition) is 4. The van der Waals surface area contributed by atoms with Gasteiger partial charge in [0.2, 0.25) is 0 Å². The Kier molecular flexibility index (Phi) is 4.45. The maximum atomic E-state index is 12.9. The molecule has 1 amide bonds. The third-order valence-corrected chi connectivity index (χ3v) is 4.51. The SMILES string of the molecule is CC1(C)O[C@@H](C=O)[C@H](C(=O)N2CCCC2c2cccc(Cl)c2)O1. The first kappa shape index (κ1) is 16.4. The summed E-state index contributed by atoms with van der Waals surface area (Å²) in [6.45, 7) is 4.05. The Hall–Kier alpha value is -1.43. The van der Waals surface area contributed by atoms with Crippen LogP contribution >= 0.6 is 11.6 Å². The summed E-state index contributed by atoms with van der Waals surface area (Å²) in [6.07, 6.45) is 0.669. The van der Waals surface area contributed by atoms with Crippen molar-refractivity contribution in [2.45, 2.75) is 50.7 Å². The number of carbonyl (C=O) groups excluding carboxylic acids is 2. The topological polar surface area (TPSA) is 55.8 Å². The van der Waals surface area contributed by atoms with Gasteiger partial charge in [0.05, 0.1) is 6.04 Å².